The fourth-order valence-electron chi connectivity index (χ4n) is 2.28. The van der Waals surface area contributed by atoms with Crippen molar-refractivity contribution >= 4 is 5.91 Å². The van der Waals surface area contributed by atoms with Gasteiger partial charge in [0.15, 0.2) is 0 Å². The van der Waals surface area contributed by atoms with Gasteiger partial charge in [0.1, 0.15) is 0 Å². The van der Waals surface area contributed by atoms with Crippen molar-refractivity contribution in [1.82, 2.24) is 10.3 Å². The average Bonchev–Trinajstić information content (AvgIpc) is 2.34. The normalized spacial score (nSPS) is 25.3. The first-order chi connectivity index (χ1) is 8.45. The van der Waals surface area contributed by atoms with Crippen LogP contribution in [-0.2, 0) is 4.74 Å². The van der Waals surface area contributed by atoms with Crippen molar-refractivity contribution in [3.8, 4) is 0 Å². The number of nitrogens with one attached hydrogen (secondary N) is 1. The number of carbonyl (C=O) groups is 1. The number of aromatic nitrogens is 1. The van der Waals surface area contributed by atoms with Crippen LogP contribution < -0.4 is 5.32 Å². The molecule has 1 aliphatic rings. The Morgan fingerprint density at radius 1 is 1.56 bits per heavy atom. The Morgan fingerprint density at radius 3 is 2.78 bits per heavy atom. The van der Waals surface area contributed by atoms with E-state index >= 15 is 0 Å². The first kappa shape index (κ1) is 13.0. The van der Waals surface area contributed by atoms with Crippen LogP contribution in [-0.4, -0.2) is 30.1 Å². The van der Waals surface area contributed by atoms with E-state index in [1.165, 1.54) is 18.3 Å². The van der Waals surface area contributed by atoms with Crippen molar-refractivity contribution in [1.29, 1.82) is 0 Å². The monoisotopic (exact) mass is 252 g/mol. The second-order valence-electron chi connectivity index (χ2n) is 5.18. The number of hydrogen-bond donors (Lipinski definition) is 1. The van der Waals surface area contributed by atoms with Crippen LogP contribution >= 0.6 is 0 Å². The van der Waals surface area contributed by atoms with Gasteiger partial charge in [-0.3, -0.25) is 4.79 Å². The van der Waals surface area contributed by atoms with Crippen LogP contribution in [0.2, 0.25) is 0 Å². The van der Waals surface area contributed by atoms with Crippen LogP contribution in [0.4, 0.5) is 4.39 Å². The molecular weight excluding hydrogens is 235 g/mol. The minimum absolute atomic E-state index is 0.0694. The summed E-state index contributed by atoms with van der Waals surface area (Å²) in [6, 6.07) is 2.68. The van der Waals surface area contributed by atoms with E-state index in [4.69, 9.17) is 4.74 Å². The maximum atomic E-state index is 12.7. The van der Waals surface area contributed by atoms with E-state index in [1.54, 1.807) is 7.11 Å². The molecule has 1 saturated carbocycles. The molecule has 2 rings (SSSR count). The fourth-order valence-corrected chi connectivity index (χ4v) is 2.28. The second kappa shape index (κ2) is 4.65. The molecule has 0 aliphatic heterocycles. The smallest absolute Gasteiger partial charge is 0.253 e. The summed E-state index contributed by atoms with van der Waals surface area (Å²) in [5.41, 5.74) is 0.283. The van der Waals surface area contributed by atoms with Crippen LogP contribution in [0.1, 0.15) is 30.6 Å². The number of hydrogen-bond acceptors (Lipinski definition) is 3. The highest BCUT2D eigenvalue weighted by Crippen LogP contribution is 2.42. The van der Waals surface area contributed by atoms with Gasteiger partial charge in [0.2, 0.25) is 5.95 Å². The summed E-state index contributed by atoms with van der Waals surface area (Å²) in [4.78, 5) is 15.4. The molecule has 98 valence electrons. The highest BCUT2D eigenvalue weighted by Gasteiger charge is 2.49. The third-order valence-corrected chi connectivity index (χ3v) is 3.76. The number of rotatable bonds is 3. The van der Waals surface area contributed by atoms with Gasteiger partial charge in [-0.2, -0.15) is 4.39 Å². The molecule has 0 radical (unpaired) electrons. The van der Waals surface area contributed by atoms with E-state index in [9.17, 15) is 9.18 Å². The minimum Gasteiger partial charge on any atom is -0.381 e. The lowest BCUT2D eigenvalue weighted by atomic mass is 9.64. The zero-order valence-electron chi connectivity index (χ0n) is 10.7. The molecule has 18 heavy (non-hydrogen) atoms. The van der Waals surface area contributed by atoms with E-state index in [-0.39, 0.29) is 23.5 Å². The van der Waals surface area contributed by atoms with Crippen LogP contribution in [0.25, 0.3) is 0 Å². The van der Waals surface area contributed by atoms with Crippen molar-refractivity contribution in [2.75, 3.05) is 7.11 Å². The Morgan fingerprint density at radius 2 is 2.28 bits per heavy atom. The Balaban J connectivity index is 1.99. The van der Waals surface area contributed by atoms with Crippen molar-refractivity contribution in [3.05, 3.63) is 29.8 Å². The molecule has 2 atom stereocenters. The Kier molecular flexibility index (Phi) is 3.34. The van der Waals surface area contributed by atoms with Gasteiger partial charge in [0.05, 0.1) is 11.7 Å². The van der Waals surface area contributed by atoms with Crippen LogP contribution in [0, 0.1) is 11.4 Å². The average molecular weight is 252 g/mol. The Bertz CT molecular complexity index is 445. The van der Waals surface area contributed by atoms with Crippen molar-refractivity contribution < 1.29 is 13.9 Å². The van der Waals surface area contributed by atoms with Gasteiger partial charge in [0.25, 0.3) is 5.91 Å². The standard InChI is InChI=1S/C13H17FN2O2/c1-13(2)9(6-10(13)18-3)16-12(17)8-4-5-11(14)15-7-8/h4-5,7,9-10H,6H2,1-3H3,(H,16,17). The lowest BCUT2D eigenvalue weighted by Crippen LogP contribution is -2.61. The first-order valence-corrected chi connectivity index (χ1v) is 5.90. The maximum absolute atomic E-state index is 12.7. The quantitative estimate of drug-likeness (QED) is 0.834. The summed E-state index contributed by atoms with van der Waals surface area (Å²) in [5, 5.41) is 2.93. The maximum Gasteiger partial charge on any atom is 0.253 e. The van der Waals surface area contributed by atoms with Gasteiger partial charge < -0.3 is 10.1 Å². The highest BCUT2D eigenvalue weighted by molar-refractivity contribution is 5.94. The third-order valence-electron chi connectivity index (χ3n) is 3.76. The van der Waals surface area contributed by atoms with Crippen molar-refractivity contribution in [3.63, 3.8) is 0 Å². The summed E-state index contributed by atoms with van der Waals surface area (Å²) in [6.45, 7) is 4.11. The van der Waals surface area contributed by atoms with E-state index < -0.39 is 5.95 Å². The van der Waals surface area contributed by atoms with Crippen LogP contribution in [0.5, 0.6) is 0 Å². The molecule has 1 aromatic heterocycles. The minimum atomic E-state index is -0.588. The molecule has 5 heteroatoms. The molecule has 0 spiro atoms. The molecule has 1 amide bonds. The topological polar surface area (TPSA) is 51.2 Å². The van der Waals surface area contributed by atoms with E-state index in [1.807, 2.05) is 0 Å². The molecule has 1 fully saturated rings. The number of carbonyl (C=O) groups excluding carboxylic acids is 1. The molecular formula is C13H17FN2O2. The number of halogens is 1. The summed E-state index contributed by atoms with van der Waals surface area (Å²) < 4.78 is 18.0. The SMILES string of the molecule is COC1CC(NC(=O)c2ccc(F)nc2)C1(C)C. The highest BCUT2D eigenvalue weighted by atomic mass is 19.1. The summed E-state index contributed by atoms with van der Waals surface area (Å²) >= 11 is 0. The number of methoxy groups -OCH3 is 1. The molecule has 2 unspecified atom stereocenters. The lowest BCUT2D eigenvalue weighted by molar-refractivity contribution is -0.0942. The van der Waals surface area contributed by atoms with Gasteiger partial charge in [-0.05, 0) is 18.6 Å². The molecule has 0 aromatic carbocycles. The number of pyridine rings is 1. The Labute approximate surface area is 106 Å². The van der Waals surface area contributed by atoms with Gasteiger partial charge in [-0.1, -0.05) is 13.8 Å². The fraction of sp³-hybridized carbons (Fsp3) is 0.538. The summed E-state index contributed by atoms with van der Waals surface area (Å²) in [7, 11) is 1.67. The molecule has 1 N–H and O–H groups in total. The molecule has 1 aromatic rings. The molecule has 0 saturated heterocycles. The second-order valence-corrected chi connectivity index (χ2v) is 5.18. The van der Waals surface area contributed by atoms with Gasteiger partial charge in [-0.25, -0.2) is 4.98 Å². The van der Waals surface area contributed by atoms with Gasteiger partial charge in [0, 0.05) is 24.8 Å². The number of amides is 1. The van der Waals surface area contributed by atoms with Crippen LogP contribution in [0.15, 0.2) is 18.3 Å². The number of ether oxygens (including phenoxy) is 1. The van der Waals surface area contributed by atoms with E-state index in [0.29, 0.717) is 5.56 Å². The largest absolute Gasteiger partial charge is 0.381 e. The molecule has 1 heterocycles. The zero-order valence-corrected chi connectivity index (χ0v) is 10.7. The van der Waals surface area contributed by atoms with Crippen LogP contribution in [0.3, 0.4) is 0 Å². The first-order valence-electron chi connectivity index (χ1n) is 5.90. The summed E-state index contributed by atoms with van der Waals surface area (Å²) in [5.74, 6) is -0.815. The van der Waals surface area contributed by atoms with E-state index in [2.05, 4.69) is 24.1 Å². The van der Waals surface area contributed by atoms with Gasteiger partial charge >= 0.3 is 0 Å². The molecule has 4 nitrogen and oxygen atoms in total. The summed E-state index contributed by atoms with van der Waals surface area (Å²) in [6.07, 6.45) is 2.20. The zero-order chi connectivity index (χ0) is 13.3. The molecule has 0 bridgehead atoms. The third kappa shape index (κ3) is 2.22. The lowest BCUT2D eigenvalue weighted by Gasteiger charge is -2.51. The number of nitrogens with zero attached hydrogens (tertiary/aromatic N) is 1. The van der Waals surface area contributed by atoms with E-state index in [0.717, 1.165) is 6.42 Å². The Hall–Kier alpha value is -1.49. The van der Waals surface area contributed by atoms with Crippen molar-refractivity contribution in [2.24, 2.45) is 5.41 Å². The predicted octanol–water partition coefficient (Wildman–Crippen LogP) is 1.76. The molecule has 1 aliphatic carbocycles. The van der Waals surface area contributed by atoms with Gasteiger partial charge in [-0.15, -0.1) is 0 Å². The van der Waals surface area contributed by atoms with Crippen molar-refractivity contribution in [2.45, 2.75) is 32.4 Å². The predicted molar refractivity (Wildman–Crippen MR) is 64.6 cm³/mol.